The Morgan fingerprint density at radius 3 is 2.24 bits per heavy atom. The van der Waals surface area contributed by atoms with E-state index < -0.39 is 5.97 Å². The van der Waals surface area contributed by atoms with Crippen molar-refractivity contribution < 1.29 is 14.7 Å². The molecule has 1 heterocycles. The highest BCUT2D eigenvalue weighted by molar-refractivity contribution is 5.92. The van der Waals surface area contributed by atoms with E-state index in [0.29, 0.717) is 41.6 Å². The molecule has 1 aliphatic carbocycles. The van der Waals surface area contributed by atoms with Crippen LogP contribution in [0, 0.1) is 5.92 Å². The zero-order chi connectivity index (χ0) is 26.9. The van der Waals surface area contributed by atoms with Crippen molar-refractivity contribution in [3.8, 4) is 0 Å². The molecule has 0 spiro atoms. The first-order chi connectivity index (χ1) is 18.4. The van der Waals surface area contributed by atoms with E-state index in [0.717, 1.165) is 25.7 Å². The summed E-state index contributed by atoms with van der Waals surface area (Å²) in [6, 6.07) is 17.4. The van der Waals surface area contributed by atoms with Crippen molar-refractivity contribution in [1.82, 2.24) is 15.0 Å². The largest absolute Gasteiger partial charge is 0.481 e. The molecule has 1 aliphatic rings. The Morgan fingerprint density at radius 1 is 0.921 bits per heavy atom. The van der Waals surface area contributed by atoms with Gasteiger partial charge >= 0.3 is 5.97 Å². The van der Waals surface area contributed by atoms with Crippen LogP contribution in [0.2, 0.25) is 0 Å². The zero-order valence-electron chi connectivity index (χ0n) is 21.8. The molecule has 1 saturated carbocycles. The Bertz CT molecular complexity index is 1210. The fraction of sp³-hybridized carbons (Fsp3) is 0.393. The average molecular weight is 518 g/mol. The molecule has 1 aromatic heterocycles. The van der Waals surface area contributed by atoms with Crippen LogP contribution >= 0.6 is 0 Å². The number of benzene rings is 2. The summed E-state index contributed by atoms with van der Waals surface area (Å²) in [5.74, 6) is 0.842. The standard InChI is InChI=1S/C28H35N7O3/c1-18(20-6-4-3-5-7-20)17-30-27-33-26(29-2)34-28(35-27)32-23-14-10-21(11-15-23)25(38)31-22-12-8-19(9-13-22)16-24(36)37/h3-9,12-13,18,21,23H,10-11,14-17H2,1-2H3,(H,31,38)(H,36,37)(H3,29,30,32,33,34,35)/t18-,21-,23-/m0/s1. The minimum atomic E-state index is -0.878. The number of rotatable bonds is 11. The lowest BCUT2D eigenvalue weighted by Crippen LogP contribution is -2.32. The fourth-order valence-corrected chi connectivity index (χ4v) is 4.58. The van der Waals surface area contributed by atoms with Crippen molar-refractivity contribution in [1.29, 1.82) is 0 Å². The molecular weight excluding hydrogens is 482 g/mol. The van der Waals surface area contributed by atoms with Crippen LogP contribution in [0.3, 0.4) is 0 Å². The normalized spacial score (nSPS) is 17.7. The van der Waals surface area contributed by atoms with E-state index in [4.69, 9.17) is 5.11 Å². The topological polar surface area (TPSA) is 141 Å². The van der Waals surface area contributed by atoms with Crippen molar-refractivity contribution in [2.45, 2.75) is 51.0 Å². The molecule has 3 aromatic rings. The molecule has 0 aliphatic heterocycles. The van der Waals surface area contributed by atoms with Crippen molar-refractivity contribution in [3.63, 3.8) is 0 Å². The number of amides is 1. The van der Waals surface area contributed by atoms with Crippen LogP contribution < -0.4 is 21.3 Å². The van der Waals surface area contributed by atoms with Crippen LogP contribution in [0.5, 0.6) is 0 Å². The predicted octanol–water partition coefficient (Wildman–Crippen LogP) is 4.37. The van der Waals surface area contributed by atoms with Gasteiger partial charge in [0.1, 0.15) is 0 Å². The monoisotopic (exact) mass is 517 g/mol. The Balaban J connectivity index is 1.28. The summed E-state index contributed by atoms with van der Waals surface area (Å²) in [5.41, 5.74) is 2.62. The highest BCUT2D eigenvalue weighted by atomic mass is 16.4. The van der Waals surface area contributed by atoms with Crippen molar-refractivity contribution >= 4 is 35.4 Å². The number of nitrogens with zero attached hydrogens (tertiary/aromatic N) is 3. The summed E-state index contributed by atoms with van der Waals surface area (Å²) < 4.78 is 0. The highest BCUT2D eigenvalue weighted by Crippen LogP contribution is 2.28. The van der Waals surface area contributed by atoms with Gasteiger partial charge in [0.15, 0.2) is 0 Å². The van der Waals surface area contributed by atoms with E-state index in [9.17, 15) is 9.59 Å². The minimum Gasteiger partial charge on any atom is -0.481 e. The van der Waals surface area contributed by atoms with Crippen molar-refractivity contribution in [3.05, 3.63) is 65.7 Å². The number of aliphatic carboxylic acids is 1. The second-order valence-corrected chi connectivity index (χ2v) is 9.70. The molecule has 1 fully saturated rings. The molecule has 0 saturated heterocycles. The van der Waals surface area contributed by atoms with Gasteiger partial charge in [-0.25, -0.2) is 0 Å². The van der Waals surface area contributed by atoms with Gasteiger partial charge in [0.2, 0.25) is 23.8 Å². The van der Waals surface area contributed by atoms with E-state index in [-0.39, 0.29) is 24.3 Å². The second kappa shape index (κ2) is 12.8. The summed E-state index contributed by atoms with van der Waals surface area (Å²) >= 11 is 0. The molecule has 200 valence electrons. The first-order valence-corrected chi connectivity index (χ1v) is 13.0. The van der Waals surface area contributed by atoms with Gasteiger partial charge in [-0.2, -0.15) is 15.0 Å². The lowest BCUT2D eigenvalue weighted by atomic mass is 9.85. The summed E-state index contributed by atoms with van der Waals surface area (Å²) in [6.45, 7) is 2.85. The maximum absolute atomic E-state index is 12.8. The number of anilines is 4. The van der Waals surface area contributed by atoms with Crippen LogP contribution in [-0.4, -0.2) is 51.6 Å². The molecule has 0 bridgehead atoms. The summed E-state index contributed by atoms with van der Waals surface area (Å²) in [7, 11) is 1.78. The molecule has 1 amide bonds. The number of hydrogen-bond donors (Lipinski definition) is 5. The number of carboxylic acid groups (broad SMARTS) is 1. The average Bonchev–Trinajstić information content (AvgIpc) is 2.93. The molecule has 2 aromatic carbocycles. The van der Waals surface area contributed by atoms with E-state index in [2.05, 4.69) is 55.3 Å². The molecule has 5 N–H and O–H groups in total. The number of carbonyl (C=O) groups excluding carboxylic acids is 1. The number of carbonyl (C=O) groups is 2. The van der Waals surface area contributed by atoms with E-state index >= 15 is 0 Å². The predicted molar refractivity (Wildman–Crippen MR) is 149 cm³/mol. The maximum atomic E-state index is 12.8. The van der Waals surface area contributed by atoms with Crippen LogP contribution in [0.4, 0.5) is 23.5 Å². The Hall–Kier alpha value is -4.21. The Kier molecular flexibility index (Phi) is 9.07. The lowest BCUT2D eigenvalue weighted by Gasteiger charge is -2.28. The van der Waals surface area contributed by atoms with Crippen molar-refractivity contribution in [2.24, 2.45) is 5.92 Å². The van der Waals surface area contributed by atoms with Gasteiger partial charge in [-0.15, -0.1) is 0 Å². The van der Waals surface area contributed by atoms with E-state index in [1.807, 2.05) is 18.2 Å². The summed E-state index contributed by atoms with van der Waals surface area (Å²) in [4.78, 5) is 37.1. The van der Waals surface area contributed by atoms with Gasteiger partial charge in [-0.3, -0.25) is 9.59 Å². The molecular formula is C28H35N7O3. The first kappa shape index (κ1) is 26.8. The molecule has 10 nitrogen and oxygen atoms in total. The van der Waals surface area contributed by atoms with E-state index in [1.165, 1.54) is 5.56 Å². The maximum Gasteiger partial charge on any atom is 0.307 e. The molecule has 0 radical (unpaired) electrons. The molecule has 4 rings (SSSR count). The summed E-state index contributed by atoms with van der Waals surface area (Å²) in [6.07, 6.45) is 3.12. The van der Waals surface area contributed by atoms with Crippen LogP contribution in [0.25, 0.3) is 0 Å². The third-order valence-corrected chi connectivity index (χ3v) is 6.80. The Labute approximate surface area is 222 Å². The van der Waals surface area contributed by atoms with Crippen LogP contribution in [0.1, 0.15) is 49.7 Å². The number of nitrogens with one attached hydrogen (secondary N) is 4. The SMILES string of the molecule is CNc1nc(NC[C@H](C)c2ccccc2)nc(N[C@H]2CC[C@H](C(=O)Nc3ccc(CC(=O)O)cc3)CC2)n1. The number of aromatic nitrogens is 3. The smallest absolute Gasteiger partial charge is 0.307 e. The molecule has 10 heteroatoms. The summed E-state index contributed by atoms with van der Waals surface area (Å²) in [5, 5.41) is 21.6. The van der Waals surface area contributed by atoms with Crippen LogP contribution in [-0.2, 0) is 16.0 Å². The first-order valence-electron chi connectivity index (χ1n) is 13.0. The van der Waals surface area contributed by atoms with Crippen LogP contribution in [0.15, 0.2) is 54.6 Å². The highest BCUT2D eigenvalue weighted by Gasteiger charge is 2.27. The van der Waals surface area contributed by atoms with E-state index in [1.54, 1.807) is 31.3 Å². The Morgan fingerprint density at radius 2 is 1.58 bits per heavy atom. The fourth-order valence-electron chi connectivity index (χ4n) is 4.58. The third-order valence-electron chi connectivity index (χ3n) is 6.80. The quantitative estimate of drug-likeness (QED) is 0.251. The van der Waals surface area contributed by atoms with Gasteiger partial charge in [0.25, 0.3) is 0 Å². The van der Waals surface area contributed by atoms with Crippen molar-refractivity contribution in [2.75, 3.05) is 34.9 Å². The minimum absolute atomic E-state index is 0.00825. The van der Waals surface area contributed by atoms with Gasteiger partial charge in [0, 0.05) is 31.2 Å². The third kappa shape index (κ3) is 7.64. The van der Waals surface area contributed by atoms with Gasteiger partial charge in [-0.1, -0.05) is 49.4 Å². The molecule has 1 atom stereocenters. The second-order valence-electron chi connectivity index (χ2n) is 9.70. The van der Waals surface area contributed by atoms with Gasteiger partial charge < -0.3 is 26.4 Å². The molecule has 0 unspecified atom stereocenters. The molecule has 38 heavy (non-hydrogen) atoms. The zero-order valence-corrected chi connectivity index (χ0v) is 21.8. The number of carboxylic acids is 1. The number of hydrogen-bond acceptors (Lipinski definition) is 8. The lowest BCUT2D eigenvalue weighted by molar-refractivity contribution is -0.136. The van der Waals surface area contributed by atoms with Gasteiger partial charge in [-0.05, 0) is 54.9 Å². The van der Waals surface area contributed by atoms with Gasteiger partial charge in [0.05, 0.1) is 6.42 Å².